The molecule has 0 amide bonds. The zero-order valence-electron chi connectivity index (χ0n) is 33.5. The van der Waals surface area contributed by atoms with E-state index < -0.39 is 0 Å². The monoisotopic (exact) mass is 792 g/mol. The first-order valence-corrected chi connectivity index (χ1v) is 20.8. The van der Waals surface area contributed by atoms with Crippen LogP contribution in [0.3, 0.4) is 0 Å². The molecule has 12 aromatic rings. The summed E-state index contributed by atoms with van der Waals surface area (Å²) in [6.45, 7) is 0. The standard InChI is InChI=1S/C57H36N4O/c1-5-15-37(16-6-1)40-21-13-22-43(33-40)56-58-55(39-19-9-3-10-20-39)59-57(60-56)44-28-31-48-49-26-14-25-46(54(49)62-53(48)36-44)42-27-30-47-50-34-41(38-17-7-2-8-18-38)29-32-51(50)61(52(47)35-42)45-23-11-4-12-24-45/h1-36H. The predicted octanol–water partition coefficient (Wildman–Crippen LogP) is 14.9. The molecule has 0 aliphatic rings. The average Bonchev–Trinajstić information content (AvgIpc) is 3.90. The summed E-state index contributed by atoms with van der Waals surface area (Å²) in [4.78, 5) is 15.1. The second-order valence-corrected chi connectivity index (χ2v) is 15.6. The molecule has 3 aromatic heterocycles. The highest BCUT2D eigenvalue weighted by Crippen LogP contribution is 2.41. The highest BCUT2D eigenvalue weighted by Gasteiger charge is 2.19. The van der Waals surface area contributed by atoms with E-state index in [1.807, 2.05) is 36.4 Å². The van der Waals surface area contributed by atoms with Crippen LogP contribution in [0, 0.1) is 0 Å². The van der Waals surface area contributed by atoms with Crippen molar-refractivity contribution in [1.29, 1.82) is 0 Å². The van der Waals surface area contributed by atoms with Gasteiger partial charge in [-0.15, -0.1) is 0 Å². The van der Waals surface area contributed by atoms with Gasteiger partial charge in [-0.25, -0.2) is 15.0 Å². The van der Waals surface area contributed by atoms with E-state index in [0.717, 1.165) is 72.1 Å². The lowest BCUT2D eigenvalue weighted by molar-refractivity contribution is 0.670. The van der Waals surface area contributed by atoms with Crippen LogP contribution in [0.25, 0.3) is 117 Å². The molecule has 0 atom stereocenters. The van der Waals surface area contributed by atoms with Crippen LogP contribution < -0.4 is 0 Å². The van der Waals surface area contributed by atoms with Gasteiger partial charge in [-0.05, 0) is 76.3 Å². The van der Waals surface area contributed by atoms with Crippen molar-refractivity contribution in [3.8, 4) is 73.2 Å². The Morgan fingerprint density at radius 2 is 0.839 bits per heavy atom. The van der Waals surface area contributed by atoms with Gasteiger partial charge in [0, 0.05) is 49.5 Å². The summed E-state index contributed by atoms with van der Waals surface area (Å²) < 4.78 is 9.24. The van der Waals surface area contributed by atoms with E-state index in [9.17, 15) is 0 Å². The molecule has 5 nitrogen and oxygen atoms in total. The lowest BCUT2D eigenvalue weighted by Crippen LogP contribution is -2.00. The van der Waals surface area contributed by atoms with Gasteiger partial charge in [-0.1, -0.05) is 170 Å². The number of hydrogen-bond donors (Lipinski definition) is 0. The minimum Gasteiger partial charge on any atom is -0.455 e. The second-order valence-electron chi connectivity index (χ2n) is 15.6. The number of nitrogens with zero attached hydrogens (tertiary/aromatic N) is 4. The first-order chi connectivity index (χ1) is 30.7. The Morgan fingerprint density at radius 1 is 0.306 bits per heavy atom. The van der Waals surface area contributed by atoms with Gasteiger partial charge in [0.05, 0.1) is 11.0 Å². The molecule has 9 aromatic carbocycles. The highest BCUT2D eigenvalue weighted by atomic mass is 16.3. The zero-order valence-corrected chi connectivity index (χ0v) is 33.5. The first kappa shape index (κ1) is 35.5. The third-order valence-electron chi connectivity index (χ3n) is 11.9. The molecular weight excluding hydrogens is 757 g/mol. The normalized spacial score (nSPS) is 11.5. The molecule has 0 N–H and O–H groups in total. The summed E-state index contributed by atoms with van der Waals surface area (Å²) in [7, 11) is 0. The van der Waals surface area contributed by atoms with Gasteiger partial charge in [0.25, 0.3) is 0 Å². The van der Waals surface area contributed by atoms with E-state index in [2.05, 4.69) is 187 Å². The molecule has 0 fully saturated rings. The molecule has 0 unspecified atom stereocenters. The molecule has 0 aliphatic heterocycles. The minimum atomic E-state index is 0.580. The Balaban J connectivity index is 0.989. The lowest BCUT2D eigenvalue weighted by atomic mass is 9.99. The van der Waals surface area contributed by atoms with E-state index in [4.69, 9.17) is 19.4 Å². The zero-order chi connectivity index (χ0) is 41.0. The summed E-state index contributed by atoms with van der Waals surface area (Å²) in [6, 6.07) is 76.3. The summed E-state index contributed by atoms with van der Waals surface area (Å²) in [5.74, 6) is 1.80. The molecule has 12 rings (SSSR count). The van der Waals surface area contributed by atoms with Gasteiger partial charge in [-0.2, -0.15) is 0 Å². The Morgan fingerprint density at radius 3 is 1.55 bits per heavy atom. The van der Waals surface area contributed by atoms with Crippen molar-refractivity contribution >= 4 is 43.7 Å². The van der Waals surface area contributed by atoms with Crippen molar-refractivity contribution in [1.82, 2.24) is 19.5 Å². The van der Waals surface area contributed by atoms with Crippen LogP contribution >= 0.6 is 0 Å². The fraction of sp³-hybridized carbons (Fsp3) is 0. The van der Waals surface area contributed by atoms with Gasteiger partial charge in [0.2, 0.25) is 0 Å². The molecular formula is C57H36N4O. The number of para-hydroxylation sites is 2. The fourth-order valence-corrected chi connectivity index (χ4v) is 8.84. The van der Waals surface area contributed by atoms with Crippen LogP contribution in [-0.4, -0.2) is 19.5 Å². The minimum absolute atomic E-state index is 0.580. The summed E-state index contributed by atoms with van der Waals surface area (Å²) in [6.07, 6.45) is 0. The van der Waals surface area contributed by atoms with Gasteiger partial charge >= 0.3 is 0 Å². The molecule has 0 spiro atoms. The lowest BCUT2D eigenvalue weighted by Gasteiger charge is -2.09. The van der Waals surface area contributed by atoms with Crippen LogP contribution in [0.5, 0.6) is 0 Å². The number of hydrogen-bond acceptors (Lipinski definition) is 4. The summed E-state index contributed by atoms with van der Waals surface area (Å²) >= 11 is 0. The van der Waals surface area contributed by atoms with Crippen LogP contribution in [0.15, 0.2) is 223 Å². The van der Waals surface area contributed by atoms with Crippen molar-refractivity contribution in [2.45, 2.75) is 0 Å². The van der Waals surface area contributed by atoms with Crippen LogP contribution in [0.4, 0.5) is 0 Å². The molecule has 0 aliphatic carbocycles. The predicted molar refractivity (Wildman–Crippen MR) is 254 cm³/mol. The fourth-order valence-electron chi connectivity index (χ4n) is 8.84. The molecule has 0 saturated heterocycles. The van der Waals surface area contributed by atoms with Gasteiger partial charge in [-0.3, -0.25) is 0 Å². The van der Waals surface area contributed by atoms with Crippen LogP contribution in [0.2, 0.25) is 0 Å². The molecule has 62 heavy (non-hydrogen) atoms. The molecule has 0 bridgehead atoms. The van der Waals surface area contributed by atoms with E-state index >= 15 is 0 Å². The number of fused-ring (bicyclic) bond motifs is 6. The van der Waals surface area contributed by atoms with Gasteiger partial charge < -0.3 is 8.98 Å². The molecule has 5 heteroatoms. The highest BCUT2D eigenvalue weighted by molar-refractivity contribution is 6.14. The number of benzene rings is 9. The van der Waals surface area contributed by atoms with E-state index in [1.54, 1.807) is 0 Å². The Hall–Kier alpha value is -8.41. The summed E-state index contributed by atoms with van der Waals surface area (Å²) in [5, 5.41) is 4.50. The van der Waals surface area contributed by atoms with E-state index in [1.165, 1.54) is 27.4 Å². The maximum Gasteiger partial charge on any atom is 0.164 e. The van der Waals surface area contributed by atoms with Crippen molar-refractivity contribution < 1.29 is 4.42 Å². The number of rotatable bonds is 7. The molecule has 3 heterocycles. The van der Waals surface area contributed by atoms with Crippen molar-refractivity contribution in [2.24, 2.45) is 0 Å². The van der Waals surface area contributed by atoms with Gasteiger partial charge in [0.15, 0.2) is 17.5 Å². The van der Waals surface area contributed by atoms with E-state index in [0.29, 0.717) is 17.5 Å². The topological polar surface area (TPSA) is 56.7 Å². The van der Waals surface area contributed by atoms with Crippen LogP contribution in [-0.2, 0) is 0 Å². The third kappa shape index (κ3) is 6.14. The Kier molecular flexibility index (Phi) is 8.42. The van der Waals surface area contributed by atoms with E-state index in [-0.39, 0.29) is 0 Å². The average molecular weight is 793 g/mol. The maximum absolute atomic E-state index is 6.87. The Labute approximate surface area is 357 Å². The number of aromatic nitrogens is 4. The third-order valence-corrected chi connectivity index (χ3v) is 11.9. The molecule has 290 valence electrons. The number of furan rings is 1. The van der Waals surface area contributed by atoms with Crippen LogP contribution in [0.1, 0.15) is 0 Å². The smallest absolute Gasteiger partial charge is 0.164 e. The quantitative estimate of drug-likeness (QED) is 0.161. The maximum atomic E-state index is 6.87. The SMILES string of the molecule is c1ccc(-c2cccc(-c3nc(-c4ccccc4)nc(-c4ccc5c(c4)oc4c(-c6ccc7c8cc(-c9ccccc9)ccc8n(-c8ccccc8)c7c6)cccc45)n3)c2)cc1. The summed E-state index contributed by atoms with van der Waals surface area (Å²) in [5.41, 5.74) is 14.5. The molecule has 0 saturated carbocycles. The second kappa shape index (κ2) is 14.7. The largest absolute Gasteiger partial charge is 0.455 e. The van der Waals surface area contributed by atoms with Crippen molar-refractivity contribution in [3.05, 3.63) is 218 Å². The first-order valence-electron chi connectivity index (χ1n) is 20.8. The molecule has 0 radical (unpaired) electrons. The Bertz CT molecular complexity index is 3610. The van der Waals surface area contributed by atoms with Crippen molar-refractivity contribution in [2.75, 3.05) is 0 Å². The van der Waals surface area contributed by atoms with Gasteiger partial charge in [0.1, 0.15) is 11.2 Å². The van der Waals surface area contributed by atoms with Crippen molar-refractivity contribution in [3.63, 3.8) is 0 Å².